The summed E-state index contributed by atoms with van der Waals surface area (Å²) in [4.78, 5) is 11.6. The van der Waals surface area contributed by atoms with E-state index >= 15 is 0 Å². The standard InChI is InChI=1S/C10H18ClNO3/c1-7(2)8(11)5-12-10(13)9-6-14-3-4-15-9/h7-9H,3-6H2,1-2H3,(H,12,13). The van der Waals surface area contributed by atoms with Gasteiger partial charge in [-0.25, -0.2) is 0 Å². The molecule has 4 nitrogen and oxygen atoms in total. The molecule has 0 aromatic rings. The molecular formula is C10H18ClNO3. The molecule has 2 atom stereocenters. The quantitative estimate of drug-likeness (QED) is 0.733. The van der Waals surface area contributed by atoms with Gasteiger partial charge in [-0.1, -0.05) is 13.8 Å². The molecular weight excluding hydrogens is 218 g/mol. The highest BCUT2D eigenvalue weighted by atomic mass is 35.5. The second kappa shape index (κ2) is 6.30. The first kappa shape index (κ1) is 12.7. The topological polar surface area (TPSA) is 47.6 Å². The maximum Gasteiger partial charge on any atom is 0.251 e. The van der Waals surface area contributed by atoms with Crippen LogP contribution in [-0.2, 0) is 14.3 Å². The van der Waals surface area contributed by atoms with Crippen LogP contribution in [0.1, 0.15) is 13.8 Å². The lowest BCUT2D eigenvalue weighted by molar-refractivity contribution is -0.147. The number of hydrogen-bond donors (Lipinski definition) is 1. The van der Waals surface area contributed by atoms with Crippen LogP contribution in [0.2, 0.25) is 0 Å². The Morgan fingerprint density at radius 1 is 1.53 bits per heavy atom. The maximum atomic E-state index is 11.6. The number of nitrogens with one attached hydrogen (secondary N) is 1. The normalized spacial score (nSPS) is 23.9. The van der Waals surface area contributed by atoms with E-state index in [9.17, 15) is 4.79 Å². The first-order valence-electron chi connectivity index (χ1n) is 5.22. The number of ether oxygens (including phenoxy) is 2. The summed E-state index contributed by atoms with van der Waals surface area (Å²) >= 11 is 6.01. The molecule has 0 aromatic carbocycles. The first-order valence-corrected chi connectivity index (χ1v) is 5.66. The summed E-state index contributed by atoms with van der Waals surface area (Å²) in [6.45, 7) is 5.88. The molecule has 1 heterocycles. The highest BCUT2D eigenvalue weighted by Gasteiger charge is 2.23. The molecule has 0 spiro atoms. The van der Waals surface area contributed by atoms with Crippen molar-refractivity contribution in [3.63, 3.8) is 0 Å². The Morgan fingerprint density at radius 3 is 2.80 bits per heavy atom. The van der Waals surface area contributed by atoms with E-state index in [-0.39, 0.29) is 11.3 Å². The van der Waals surface area contributed by atoms with Crippen molar-refractivity contribution >= 4 is 17.5 Å². The van der Waals surface area contributed by atoms with Gasteiger partial charge in [0.05, 0.1) is 25.2 Å². The minimum absolute atomic E-state index is 0.0431. The molecule has 0 aliphatic carbocycles. The Balaban J connectivity index is 2.22. The Labute approximate surface area is 95.3 Å². The summed E-state index contributed by atoms with van der Waals surface area (Å²) < 4.78 is 10.4. The van der Waals surface area contributed by atoms with Crippen molar-refractivity contribution in [1.29, 1.82) is 0 Å². The minimum atomic E-state index is -0.477. The second-order valence-corrected chi connectivity index (χ2v) is 4.50. The number of alkyl halides is 1. The third kappa shape index (κ3) is 4.36. The molecule has 1 fully saturated rings. The van der Waals surface area contributed by atoms with Crippen LogP contribution in [-0.4, -0.2) is 43.8 Å². The van der Waals surface area contributed by atoms with E-state index in [0.29, 0.717) is 32.3 Å². The predicted molar refractivity (Wildman–Crippen MR) is 58.0 cm³/mol. The number of hydrogen-bond acceptors (Lipinski definition) is 3. The van der Waals surface area contributed by atoms with E-state index in [1.54, 1.807) is 0 Å². The van der Waals surface area contributed by atoms with E-state index < -0.39 is 6.10 Å². The van der Waals surface area contributed by atoms with Gasteiger partial charge in [0.25, 0.3) is 5.91 Å². The lowest BCUT2D eigenvalue weighted by Gasteiger charge is -2.23. The van der Waals surface area contributed by atoms with Gasteiger partial charge in [0, 0.05) is 6.54 Å². The van der Waals surface area contributed by atoms with Crippen molar-refractivity contribution < 1.29 is 14.3 Å². The van der Waals surface area contributed by atoms with E-state index in [1.807, 2.05) is 13.8 Å². The van der Waals surface area contributed by atoms with Crippen LogP contribution in [0.4, 0.5) is 0 Å². The summed E-state index contributed by atoms with van der Waals surface area (Å²) in [7, 11) is 0. The molecule has 0 aromatic heterocycles. The highest BCUT2D eigenvalue weighted by Crippen LogP contribution is 2.08. The van der Waals surface area contributed by atoms with Crippen LogP contribution in [0.25, 0.3) is 0 Å². The molecule has 1 rings (SSSR count). The number of rotatable bonds is 4. The van der Waals surface area contributed by atoms with E-state index in [2.05, 4.69) is 5.32 Å². The third-order valence-corrected chi connectivity index (χ3v) is 2.96. The zero-order valence-corrected chi connectivity index (χ0v) is 9.92. The number of carbonyl (C=O) groups excluding carboxylic acids is 1. The molecule has 1 saturated heterocycles. The van der Waals surface area contributed by atoms with Crippen LogP contribution >= 0.6 is 11.6 Å². The fourth-order valence-electron chi connectivity index (χ4n) is 1.19. The average molecular weight is 236 g/mol. The molecule has 5 heteroatoms. The fourth-order valence-corrected chi connectivity index (χ4v) is 1.26. The van der Waals surface area contributed by atoms with Crippen LogP contribution in [0.5, 0.6) is 0 Å². The minimum Gasteiger partial charge on any atom is -0.376 e. The summed E-state index contributed by atoms with van der Waals surface area (Å²) in [5.74, 6) is 0.205. The van der Waals surface area contributed by atoms with Crippen molar-refractivity contribution in [1.82, 2.24) is 5.32 Å². The van der Waals surface area contributed by atoms with Crippen molar-refractivity contribution in [2.45, 2.75) is 25.3 Å². The summed E-state index contributed by atoms with van der Waals surface area (Å²) in [5, 5.41) is 2.71. The molecule has 1 aliphatic heterocycles. The Bertz CT molecular complexity index is 205. The zero-order chi connectivity index (χ0) is 11.3. The van der Waals surface area contributed by atoms with Gasteiger partial charge in [-0.2, -0.15) is 0 Å². The van der Waals surface area contributed by atoms with Gasteiger partial charge < -0.3 is 14.8 Å². The molecule has 15 heavy (non-hydrogen) atoms. The van der Waals surface area contributed by atoms with Crippen LogP contribution in [0, 0.1) is 5.92 Å². The Morgan fingerprint density at radius 2 is 2.27 bits per heavy atom. The van der Waals surface area contributed by atoms with Gasteiger partial charge >= 0.3 is 0 Å². The van der Waals surface area contributed by atoms with Gasteiger partial charge in [-0.3, -0.25) is 4.79 Å². The SMILES string of the molecule is CC(C)C(Cl)CNC(=O)C1COCCO1. The van der Waals surface area contributed by atoms with E-state index in [0.717, 1.165) is 0 Å². The molecule has 88 valence electrons. The molecule has 1 aliphatic rings. The summed E-state index contributed by atoms with van der Waals surface area (Å²) in [6.07, 6.45) is -0.477. The van der Waals surface area contributed by atoms with Crippen LogP contribution < -0.4 is 5.32 Å². The van der Waals surface area contributed by atoms with E-state index in [1.165, 1.54) is 0 Å². The Kier molecular flexibility index (Phi) is 5.36. The monoisotopic (exact) mass is 235 g/mol. The molecule has 0 bridgehead atoms. The number of amides is 1. The maximum absolute atomic E-state index is 11.6. The number of halogens is 1. The molecule has 1 amide bonds. The van der Waals surface area contributed by atoms with Crippen molar-refractivity contribution in [3.8, 4) is 0 Å². The lowest BCUT2D eigenvalue weighted by Crippen LogP contribution is -2.44. The second-order valence-electron chi connectivity index (χ2n) is 3.94. The molecule has 0 saturated carbocycles. The predicted octanol–water partition coefficient (Wildman–Crippen LogP) is 0.781. The largest absolute Gasteiger partial charge is 0.376 e. The van der Waals surface area contributed by atoms with Crippen LogP contribution in [0.15, 0.2) is 0 Å². The van der Waals surface area contributed by atoms with Crippen molar-refractivity contribution in [3.05, 3.63) is 0 Å². The number of carbonyl (C=O) groups is 1. The first-order chi connectivity index (χ1) is 7.11. The van der Waals surface area contributed by atoms with Crippen LogP contribution in [0.3, 0.4) is 0 Å². The zero-order valence-electron chi connectivity index (χ0n) is 9.16. The average Bonchev–Trinajstić information content (AvgIpc) is 2.26. The van der Waals surface area contributed by atoms with E-state index in [4.69, 9.17) is 21.1 Å². The van der Waals surface area contributed by atoms with Crippen molar-refractivity contribution in [2.75, 3.05) is 26.4 Å². The lowest BCUT2D eigenvalue weighted by atomic mass is 10.1. The Hall–Kier alpha value is -0.320. The van der Waals surface area contributed by atoms with Gasteiger partial charge in [-0.05, 0) is 5.92 Å². The summed E-state index contributed by atoms with van der Waals surface area (Å²) in [6, 6.07) is 0. The van der Waals surface area contributed by atoms with Crippen molar-refractivity contribution in [2.24, 2.45) is 5.92 Å². The van der Waals surface area contributed by atoms with Gasteiger partial charge in [-0.15, -0.1) is 11.6 Å². The third-order valence-electron chi connectivity index (χ3n) is 2.30. The fraction of sp³-hybridized carbons (Fsp3) is 0.900. The molecule has 0 radical (unpaired) electrons. The van der Waals surface area contributed by atoms with Gasteiger partial charge in [0.15, 0.2) is 6.10 Å². The molecule has 2 unspecified atom stereocenters. The molecule has 1 N–H and O–H groups in total. The van der Waals surface area contributed by atoms with Gasteiger partial charge in [0.2, 0.25) is 0 Å². The van der Waals surface area contributed by atoms with Gasteiger partial charge in [0.1, 0.15) is 0 Å². The highest BCUT2D eigenvalue weighted by molar-refractivity contribution is 6.21. The smallest absolute Gasteiger partial charge is 0.251 e. The summed E-state index contributed by atoms with van der Waals surface area (Å²) in [5.41, 5.74) is 0.